The number of H-pyrrole nitrogens is 1. The fourth-order valence-corrected chi connectivity index (χ4v) is 3.32. The third-order valence-electron chi connectivity index (χ3n) is 4.69. The Kier molecular flexibility index (Phi) is 5.59. The second-order valence-corrected chi connectivity index (χ2v) is 7.00. The number of benzene rings is 3. The molecular formula is C23H18ClFN2O3. The van der Waals surface area contributed by atoms with Crippen LogP contribution in [0.4, 0.5) is 4.39 Å². The molecule has 0 atom stereocenters. The second kappa shape index (κ2) is 8.47. The third-order valence-corrected chi connectivity index (χ3v) is 5.04. The molecule has 152 valence electrons. The zero-order valence-electron chi connectivity index (χ0n) is 16.0. The molecule has 4 aromatic rings. The van der Waals surface area contributed by atoms with E-state index in [2.05, 4.69) is 10.2 Å². The average Bonchev–Trinajstić information content (AvgIpc) is 3.23. The molecule has 0 unspecified atom stereocenters. The van der Waals surface area contributed by atoms with Crippen molar-refractivity contribution in [2.45, 2.75) is 6.61 Å². The van der Waals surface area contributed by atoms with Crippen LogP contribution in [0.1, 0.15) is 5.56 Å². The van der Waals surface area contributed by atoms with E-state index in [1.165, 1.54) is 18.2 Å². The summed E-state index contributed by atoms with van der Waals surface area (Å²) in [5.41, 5.74) is 3.71. The maximum Gasteiger partial charge on any atom is 0.128 e. The Morgan fingerprint density at radius 3 is 2.47 bits per heavy atom. The molecule has 0 aliphatic rings. The lowest BCUT2D eigenvalue weighted by Crippen LogP contribution is -1.97. The number of nitrogens with zero attached hydrogens (tertiary/aromatic N) is 1. The quantitative estimate of drug-likeness (QED) is 0.408. The third kappa shape index (κ3) is 4.09. The van der Waals surface area contributed by atoms with Gasteiger partial charge in [0.05, 0.1) is 24.0 Å². The molecule has 5 nitrogen and oxygen atoms in total. The normalized spacial score (nSPS) is 10.8. The summed E-state index contributed by atoms with van der Waals surface area (Å²) in [4.78, 5) is 0. The number of phenolic OH excluding ortho intramolecular Hbond substituents is 1. The van der Waals surface area contributed by atoms with Crippen molar-refractivity contribution >= 4 is 11.6 Å². The van der Waals surface area contributed by atoms with Crippen LogP contribution >= 0.6 is 11.6 Å². The number of aromatic amines is 1. The smallest absolute Gasteiger partial charge is 0.128 e. The van der Waals surface area contributed by atoms with Crippen molar-refractivity contribution in [2.24, 2.45) is 0 Å². The molecule has 0 spiro atoms. The first-order valence-corrected chi connectivity index (χ1v) is 9.51. The zero-order valence-corrected chi connectivity index (χ0v) is 16.8. The highest BCUT2D eigenvalue weighted by Crippen LogP contribution is 2.37. The van der Waals surface area contributed by atoms with Crippen LogP contribution in [0, 0.1) is 5.82 Å². The molecule has 1 heterocycles. The first kappa shape index (κ1) is 19.8. The Morgan fingerprint density at radius 1 is 1.00 bits per heavy atom. The largest absolute Gasteiger partial charge is 0.507 e. The van der Waals surface area contributed by atoms with Crippen LogP contribution in [0.25, 0.3) is 22.4 Å². The van der Waals surface area contributed by atoms with Crippen molar-refractivity contribution in [3.63, 3.8) is 0 Å². The summed E-state index contributed by atoms with van der Waals surface area (Å²) in [6.07, 6.45) is 1.71. The number of ether oxygens (including phenoxy) is 2. The fraction of sp³-hybridized carbons (Fsp3) is 0.0870. The Bertz CT molecular complexity index is 1180. The van der Waals surface area contributed by atoms with Gasteiger partial charge < -0.3 is 14.6 Å². The van der Waals surface area contributed by atoms with Gasteiger partial charge in [-0.1, -0.05) is 29.8 Å². The number of hydrogen-bond donors (Lipinski definition) is 2. The van der Waals surface area contributed by atoms with Crippen molar-refractivity contribution in [1.82, 2.24) is 10.2 Å². The number of methoxy groups -OCH3 is 1. The van der Waals surface area contributed by atoms with E-state index in [1.807, 2.05) is 24.3 Å². The minimum absolute atomic E-state index is 0.0386. The van der Waals surface area contributed by atoms with E-state index in [9.17, 15) is 9.50 Å². The summed E-state index contributed by atoms with van der Waals surface area (Å²) in [7, 11) is 1.62. The van der Waals surface area contributed by atoms with Gasteiger partial charge in [0.1, 0.15) is 29.7 Å². The van der Waals surface area contributed by atoms with Gasteiger partial charge in [0, 0.05) is 22.8 Å². The van der Waals surface area contributed by atoms with Gasteiger partial charge in [0.15, 0.2) is 0 Å². The highest BCUT2D eigenvalue weighted by molar-refractivity contribution is 6.31. The predicted octanol–water partition coefficient (Wildman–Crippen LogP) is 5.83. The van der Waals surface area contributed by atoms with Crippen molar-refractivity contribution in [3.05, 3.63) is 83.3 Å². The molecule has 0 bridgehead atoms. The van der Waals surface area contributed by atoms with Crippen molar-refractivity contribution in [3.8, 4) is 39.6 Å². The van der Waals surface area contributed by atoms with Gasteiger partial charge in [0.2, 0.25) is 0 Å². The van der Waals surface area contributed by atoms with Gasteiger partial charge >= 0.3 is 0 Å². The molecule has 0 saturated carbocycles. The summed E-state index contributed by atoms with van der Waals surface area (Å²) in [6.45, 7) is 0.152. The van der Waals surface area contributed by atoms with Crippen LogP contribution in [0.5, 0.6) is 17.2 Å². The van der Waals surface area contributed by atoms with E-state index in [4.69, 9.17) is 21.1 Å². The molecule has 0 radical (unpaired) electrons. The van der Waals surface area contributed by atoms with E-state index in [1.54, 1.807) is 31.5 Å². The van der Waals surface area contributed by atoms with Crippen LogP contribution < -0.4 is 9.47 Å². The predicted molar refractivity (Wildman–Crippen MR) is 113 cm³/mol. The molecule has 7 heteroatoms. The molecule has 0 aliphatic carbocycles. The molecule has 0 amide bonds. The Balaban J connectivity index is 1.56. The maximum absolute atomic E-state index is 13.2. The molecule has 1 aromatic heterocycles. The Morgan fingerprint density at radius 2 is 1.77 bits per heavy atom. The highest BCUT2D eigenvalue weighted by Gasteiger charge is 2.14. The molecule has 4 rings (SSSR count). The molecule has 2 N–H and O–H groups in total. The minimum Gasteiger partial charge on any atom is -0.507 e. The van der Waals surface area contributed by atoms with E-state index in [-0.39, 0.29) is 17.4 Å². The molecule has 0 saturated heterocycles. The van der Waals surface area contributed by atoms with Crippen molar-refractivity contribution < 1.29 is 19.0 Å². The summed E-state index contributed by atoms with van der Waals surface area (Å²) in [5.74, 6) is 0.853. The lowest BCUT2D eigenvalue weighted by Gasteiger charge is -2.11. The summed E-state index contributed by atoms with van der Waals surface area (Å²) in [6, 6.07) is 16.7. The molecule has 30 heavy (non-hydrogen) atoms. The van der Waals surface area contributed by atoms with Crippen molar-refractivity contribution in [2.75, 3.05) is 7.11 Å². The van der Waals surface area contributed by atoms with Gasteiger partial charge in [-0.05, 0) is 42.0 Å². The molecule has 0 fully saturated rings. The Labute approximate surface area is 177 Å². The average molecular weight is 425 g/mol. The zero-order chi connectivity index (χ0) is 21.1. The lowest BCUT2D eigenvalue weighted by atomic mass is 10.0. The second-order valence-electron chi connectivity index (χ2n) is 6.59. The summed E-state index contributed by atoms with van der Waals surface area (Å²) >= 11 is 6.03. The van der Waals surface area contributed by atoms with Crippen LogP contribution in [0.3, 0.4) is 0 Å². The van der Waals surface area contributed by atoms with Gasteiger partial charge in [-0.2, -0.15) is 5.10 Å². The SMILES string of the molecule is COc1ccc(-c2cn[nH]c2-c2ccc(OCc3ccc(F)cc3Cl)cc2O)cc1. The van der Waals surface area contributed by atoms with Gasteiger partial charge in [-0.25, -0.2) is 4.39 Å². The highest BCUT2D eigenvalue weighted by atomic mass is 35.5. The van der Waals surface area contributed by atoms with Crippen LogP contribution in [-0.2, 0) is 6.61 Å². The maximum atomic E-state index is 13.2. The number of hydrogen-bond acceptors (Lipinski definition) is 4. The first-order valence-electron chi connectivity index (χ1n) is 9.13. The van der Waals surface area contributed by atoms with E-state index < -0.39 is 5.82 Å². The van der Waals surface area contributed by atoms with Gasteiger partial charge in [-0.15, -0.1) is 0 Å². The van der Waals surface area contributed by atoms with Crippen molar-refractivity contribution in [1.29, 1.82) is 0 Å². The monoisotopic (exact) mass is 424 g/mol. The number of halogens is 2. The summed E-state index contributed by atoms with van der Waals surface area (Å²) in [5, 5.41) is 17.9. The fourth-order valence-electron chi connectivity index (χ4n) is 3.09. The van der Waals surface area contributed by atoms with E-state index >= 15 is 0 Å². The number of phenols is 1. The minimum atomic E-state index is -0.405. The van der Waals surface area contributed by atoms with Crippen LogP contribution in [-0.4, -0.2) is 22.4 Å². The molecular weight excluding hydrogens is 407 g/mol. The van der Waals surface area contributed by atoms with Gasteiger partial charge in [0.25, 0.3) is 0 Å². The first-order chi connectivity index (χ1) is 14.5. The number of aromatic hydroxyl groups is 1. The Hall–Kier alpha value is -3.51. The molecule has 3 aromatic carbocycles. The standard InChI is InChI=1S/C23H18ClFN2O3/c1-29-17-6-3-14(4-7-17)20-12-26-27-23(20)19-9-8-18(11-22(19)28)30-13-15-2-5-16(25)10-21(15)24/h2-12,28H,13H2,1H3,(H,26,27). The van der Waals surface area contributed by atoms with E-state index in [0.717, 1.165) is 16.9 Å². The lowest BCUT2D eigenvalue weighted by molar-refractivity contribution is 0.304. The van der Waals surface area contributed by atoms with Crippen LogP contribution in [0.15, 0.2) is 66.9 Å². The van der Waals surface area contributed by atoms with Crippen LogP contribution in [0.2, 0.25) is 5.02 Å². The van der Waals surface area contributed by atoms with Gasteiger partial charge in [-0.3, -0.25) is 5.10 Å². The summed E-state index contributed by atoms with van der Waals surface area (Å²) < 4.78 is 24.1. The number of aromatic nitrogens is 2. The van der Waals surface area contributed by atoms with E-state index in [0.29, 0.717) is 22.6 Å². The number of nitrogens with one attached hydrogen (secondary N) is 1. The number of rotatable bonds is 6. The molecule has 0 aliphatic heterocycles. The topological polar surface area (TPSA) is 67.4 Å².